The normalized spacial score (nSPS) is 10.7. The van der Waals surface area contributed by atoms with Gasteiger partial charge in [-0.05, 0) is 38.1 Å². The van der Waals surface area contributed by atoms with Crippen LogP contribution in [0.15, 0.2) is 41.2 Å². The molecule has 0 atom stereocenters. The molecule has 0 bridgehead atoms. The van der Waals surface area contributed by atoms with Gasteiger partial charge in [0.2, 0.25) is 0 Å². The molecule has 21 heavy (non-hydrogen) atoms. The molecule has 1 aromatic carbocycles. The zero-order valence-corrected chi connectivity index (χ0v) is 13.1. The van der Waals surface area contributed by atoms with E-state index in [-0.39, 0.29) is 16.7 Å². The fourth-order valence-corrected chi connectivity index (χ4v) is 2.27. The number of nitrogens with zero attached hydrogens (tertiary/aromatic N) is 1. The van der Waals surface area contributed by atoms with Gasteiger partial charge in [-0.1, -0.05) is 24.4 Å². The summed E-state index contributed by atoms with van der Waals surface area (Å²) in [5.74, 6) is 0.772. The van der Waals surface area contributed by atoms with E-state index in [2.05, 4.69) is 0 Å². The smallest absolute Gasteiger partial charge is 0.261 e. The van der Waals surface area contributed by atoms with Gasteiger partial charge in [0.25, 0.3) is 5.56 Å². The van der Waals surface area contributed by atoms with E-state index in [9.17, 15) is 4.79 Å². The first-order valence-electron chi connectivity index (χ1n) is 6.67. The molecule has 0 aliphatic carbocycles. The summed E-state index contributed by atoms with van der Waals surface area (Å²) in [4.78, 5) is 12.3. The molecule has 1 aromatic heterocycles. The maximum absolute atomic E-state index is 12.2. The molecule has 0 saturated carbocycles. The van der Waals surface area contributed by atoms with Crippen LogP contribution in [0.1, 0.15) is 19.4 Å². The average Bonchev–Trinajstić information content (AvgIpc) is 2.41. The lowest BCUT2D eigenvalue weighted by Crippen LogP contribution is -2.28. The van der Waals surface area contributed by atoms with Crippen molar-refractivity contribution in [3.8, 4) is 17.0 Å². The Morgan fingerprint density at radius 1 is 1.29 bits per heavy atom. The molecule has 2 N–H and O–H groups in total. The highest BCUT2D eigenvalue weighted by Crippen LogP contribution is 2.23. The third-order valence-corrected chi connectivity index (χ3v) is 3.29. The lowest BCUT2D eigenvalue weighted by atomic mass is 10.1. The van der Waals surface area contributed by atoms with Crippen molar-refractivity contribution in [2.24, 2.45) is 12.8 Å². The van der Waals surface area contributed by atoms with Crippen molar-refractivity contribution in [2.75, 3.05) is 0 Å². The predicted octanol–water partition coefficient (Wildman–Crippen LogP) is 2.47. The van der Waals surface area contributed by atoms with Gasteiger partial charge in [0, 0.05) is 12.6 Å². The largest absolute Gasteiger partial charge is 0.491 e. The van der Waals surface area contributed by atoms with E-state index in [0.29, 0.717) is 5.56 Å². The second-order valence-electron chi connectivity index (χ2n) is 5.06. The average molecular weight is 302 g/mol. The van der Waals surface area contributed by atoms with Crippen molar-refractivity contribution in [3.05, 3.63) is 52.3 Å². The quantitative estimate of drug-likeness (QED) is 0.882. The summed E-state index contributed by atoms with van der Waals surface area (Å²) in [6, 6.07) is 11.1. The van der Waals surface area contributed by atoms with Crippen LogP contribution >= 0.6 is 12.2 Å². The highest BCUT2D eigenvalue weighted by Gasteiger charge is 2.10. The Morgan fingerprint density at radius 3 is 2.62 bits per heavy atom. The number of rotatable bonds is 4. The SMILES string of the molecule is CC(C)Oc1cccc(-c2ccc(C(N)=S)c(=O)n2C)c1. The van der Waals surface area contributed by atoms with E-state index in [4.69, 9.17) is 22.7 Å². The molecule has 0 spiro atoms. The molecule has 0 radical (unpaired) electrons. The van der Waals surface area contributed by atoms with Crippen molar-refractivity contribution in [2.45, 2.75) is 20.0 Å². The van der Waals surface area contributed by atoms with Crippen LogP contribution in [0.5, 0.6) is 5.75 Å². The zero-order chi connectivity index (χ0) is 15.6. The van der Waals surface area contributed by atoms with E-state index in [0.717, 1.165) is 17.0 Å². The van der Waals surface area contributed by atoms with Crippen LogP contribution in [0.25, 0.3) is 11.3 Å². The number of benzene rings is 1. The number of hydrogen-bond acceptors (Lipinski definition) is 3. The Morgan fingerprint density at radius 2 is 2.00 bits per heavy atom. The van der Waals surface area contributed by atoms with Crippen molar-refractivity contribution in [1.29, 1.82) is 0 Å². The number of aromatic nitrogens is 1. The fraction of sp³-hybridized carbons (Fsp3) is 0.250. The van der Waals surface area contributed by atoms with E-state index < -0.39 is 0 Å². The molecule has 0 saturated heterocycles. The molecule has 0 fully saturated rings. The molecule has 0 aliphatic heterocycles. The Hall–Kier alpha value is -2.14. The molecule has 2 rings (SSSR count). The van der Waals surface area contributed by atoms with Crippen LogP contribution < -0.4 is 16.0 Å². The highest BCUT2D eigenvalue weighted by atomic mass is 32.1. The second-order valence-corrected chi connectivity index (χ2v) is 5.49. The monoisotopic (exact) mass is 302 g/mol. The van der Waals surface area contributed by atoms with Gasteiger partial charge < -0.3 is 15.0 Å². The van der Waals surface area contributed by atoms with Gasteiger partial charge in [-0.3, -0.25) is 4.79 Å². The van der Waals surface area contributed by atoms with Gasteiger partial charge in [-0.25, -0.2) is 0 Å². The Labute approximate surface area is 129 Å². The number of nitrogens with two attached hydrogens (primary N) is 1. The predicted molar refractivity (Wildman–Crippen MR) is 88.8 cm³/mol. The first kappa shape index (κ1) is 15.3. The van der Waals surface area contributed by atoms with Gasteiger partial charge in [0.05, 0.1) is 17.4 Å². The van der Waals surface area contributed by atoms with Crippen LogP contribution in [-0.2, 0) is 7.05 Å². The molecule has 0 unspecified atom stereocenters. The van der Waals surface area contributed by atoms with Crippen molar-refractivity contribution < 1.29 is 4.74 Å². The molecule has 1 heterocycles. The molecular formula is C16H18N2O2S. The number of ether oxygens (including phenoxy) is 1. The molecule has 5 heteroatoms. The van der Waals surface area contributed by atoms with Gasteiger partial charge >= 0.3 is 0 Å². The molecule has 110 valence electrons. The lowest BCUT2D eigenvalue weighted by Gasteiger charge is -2.13. The van der Waals surface area contributed by atoms with E-state index >= 15 is 0 Å². The third-order valence-electron chi connectivity index (χ3n) is 3.07. The minimum absolute atomic E-state index is 0.0982. The summed E-state index contributed by atoms with van der Waals surface area (Å²) >= 11 is 4.88. The highest BCUT2D eigenvalue weighted by molar-refractivity contribution is 7.80. The Kier molecular flexibility index (Phi) is 4.43. The topological polar surface area (TPSA) is 57.2 Å². The lowest BCUT2D eigenvalue weighted by molar-refractivity contribution is 0.242. The minimum atomic E-state index is -0.199. The standard InChI is InChI=1S/C16H18N2O2S/c1-10(2)20-12-6-4-5-11(9-12)14-8-7-13(15(17)21)16(19)18(14)3/h4-10H,1-3H3,(H2,17,21). The fourth-order valence-electron chi connectivity index (χ4n) is 2.11. The molecule has 0 amide bonds. The van der Waals surface area contributed by atoms with Crippen LogP contribution in [-0.4, -0.2) is 15.7 Å². The van der Waals surface area contributed by atoms with Crippen molar-refractivity contribution in [3.63, 3.8) is 0 Å². The van der Waals surface area contributed by atoms with E-state index in [1.165, 1.54) is 0 Å². The third kappa shape index (κ3) is 3.31. The minimum Gasteiger partial charge on any atom is -0.491 e. The molecule has 4 nitrogen and oxygen atoms in total. The Bertz CT molecular complexity index is 735. The molecular weight excluding hydrogens is 284 g/mol. The zero-order valence-electron chi connectivity index (χ0n) is 12.3. The number of pyridine rings is 1. The first-order valence-corrected chi connectivity index (χ1v) is 7.08. The van der Waals surface area contributed by atoms with Crippen LogP contribution in [0.4, 0.5) is 0 Å². The number of thiocarbonyl (C=S) groups is 1. The van der Waals surface area contributed by atoms with Gasteiger partial charge in [0.15, 0.2) is 0 Å². The van der Waals surface area contributed by atoms with Crippen molar-refractivity contribution in [1.82, 2.24) is 4.57 Å². The van der Waals surface area contributed by atoms with E-state index in [1.807, 2.05) is 44.2 Å². The summed E-state index contributed by atoms with van der Waals surface area (Å²) in [7, 11) is 1.70. The summed E-state index contributed by atoms with van der Waals surface area (Å²) in [6.07, 6.45) is 0.0982. The summed E-state index contributed by atoms with van der Waals surface area (Å²) in [6.45, 7) is 3.94. The maximum Gasteiger partial charge on any atom is 0.261 e. The summed E-state index contributed by atoms with van der Waals surface area (Å²) < 4.78 is 7.22. The van der Waals surface area contributed by atoms with Gasteiger partial charge in [-0.2, -0.15) is 0 Å². The van der Waals surface area contributed by atoms with Crippen LogP contribution in [0.3, 0.4) is 0 Å². The second kappa shape index (κ2) is 6.10. The maximum atomic E-state index is 12.2. The summed E-state index contributed by atoms with van der Waals surface area (Å²) in [5, 5.41) is 0. The van der Waals surface area contributed by atoms with Crippen LogP contribution in [0, 0.1) is 0 Å². The first-order chi connectivity index (χ1) is 9.90. The molecule has 2 aromatic rings. The van der Waals surface area contributed by atoms with Crippen LogP contribution in [0.2, 0.25) is 0 Å². The van der Waals surface area contributed by atoms with Gasteiger partial charge in [0.1, 0.15) is 10.7 Å². The van der Waals surface area contributed by atoms with E-state index in [1.54, 1.807) is 17.7 Å². The summed E-state index contributed by atoms with van der Waals surface area (Å²) in [5.41, 5.74) is 7.39. The molecule has 0 aliphatic rings. The number of hydrogen-bond donors (Lipinski definition) is 1. The Balaban J connectivity index is 2.50. The van der Waals surface area contributed by atoms with Crippen molar-refractivity contribution >= 4 is 17.2 Å². The van der Waals surface area contributed by atoms with Gasteiger partial charge in [-0.15, -0.1) is 0 Å².